The van der Waals surface area contributed by atoms with Crippen LogP contribution in [0.25, 0.3) is 0 Å². The molecular formula is C37H38Br2N4Ni. The van der Waals surface area contributed by atoms with Crippen molar-refractivity contribution in [1.29, 1.82) is 0 Å². The van der Waals surface area contributed by atoms with Gasteiger partial charge in [-0.2, -0.15) is 0 Å². The first-order chi connectivity index (χ1) is 21.0. The SMILES string of the molecule is CC(C)(C)c1cccc(C=N[C@@H]2C3c4ccccc4C34c3ccccc3C4[C@H]2N=Cc2cccc(C(C)(C)C)n2)n1.[Br][Ni][Br]. The van der Waals surface area contributed by atoms with Crippen LogP contribution in [0.15, 0.2) is 94.9 Å². The molecule has 2 aromatic carbocycles. The third kappa shape index (κ3) is 5.27. The van der Waals surface area contributed by atoms with Crippen molar-refractivity contribution in [2.75, 3.05) is 0 Å². The number of pyridine rings is 2. The normalized spacial score (nSPS) is 24.9. The number of benzene rings is 2. The predicted octanol–water partition coefficient (Wildman–Crippen LogP) is 9.23. The summed E-state index contributed by atoms with van der Waals surface area (Å²) in [6, 6.07) is 30.4. The molecule has 4 aromatic rings. The second-order valence-corrected chi connectivity index (χ2v) is 19.0. The van der Waals surface area contributed by atoms with E-state index in [1.807, 2.05) is 12.4 Å². The number of hydrogen-bond donors (Lipinski definition) is 0. The maximum absolute atomic E-state index is 5.35. The van der Waals surface area contributed by atoms with Gasteiger partial charge in [0, 0.05) is 51.9 Å². The molecule has 44 heavy (non-hydrogen) atoms. The van der Waals surface area contributed by atoms with Gasteiger partial charge in [0.15, 0.2) is 0 Å². The molecule has 3 aliphatic rings. The molecule has 1 saturated carbocycles. The summed E-state index contributed by atoms with van der Waals surface area (Å²) in [7, 11) is 1.25. The van der Waals surface area contributed by atoms with Crippen LogP contribution in [0.5, 0.6) is 0 Å². The number of nitrogens with zero attached hydrogens (tertiary/aromatic N) is 4. The van der Waals surface area contributed by atoms with E-state index >= 15 is 0 Å². The average Bonchev–Trinajstić information content (AvgIpc) is 3.18. The Bertz CT molecular complexity index is 1610. The first-order valence-corrected chi connectivity index (χ1v) is 19.9. The van der Waals surface area contributed by atoms with E-state index in [1.165, 1.54) is 33.2 Å². The minimum atomic E-state index is -0.0292. The first kappa shape index (κ1) is 31.5. The van der Waals surface area contributed by atoms with Crippen LogP contribution in [-0.2, 0) is 27.1 Å². The van der Waals surface area contributed by atoms with Crippen molar-refractivity contribution in [2.24, 2.45) is 9.98 Å². The quantitative estimate of drug-likeness (QED) is 0.154. The Balaban J connectivity index is 0.00000110. The molecule has 0 bridgehead atoms. The van der Waals surface area contributed by atoms with Crippen molar-refractivity contribution in [1.82, 2.24) is 9.97 Å². The molecule has 1 fully saturated rings. The molecule has 7 rings (SSSR count). The van der Waals surface area contributed by atoms with Crippen molar-refractivity contribution in [3.63, 3.8) is 0 Å². The Morgan fingerprint density at radius 1 is 0.614 bits per heavy atom. The zero-order valence-corrected chi connectivity index (χ0v) is 30.1. The van der Waals surface area contributed by atoms with E-state index in [9.17, 15) is 0 Å². The fourth-order valence-corrected chi connectivity index (χ4v) is 7.49. The van der Waals surface area contributed by atoms with Crippen LogP contribution < -0.4 is 0 Å². The van der Waals surface area contributed by atoms with E-state index in [0.717, 1.165) is 22.8 Å². The van der Waals surface area contributed by atoms with Crippen molar-refractivity contribution in [3.05, 3.63) is 130 Å². The molecule has 7 heteroatoms. The van der Waals surface area contributed by atoms with Crippen LogP contribution in [-0.4, -0.2) is 34.5 Å². The van der Waals surface area contributed by atoms with E-state index in [1.54, 1.807) is 0 Å². The van der Waals surface area contributed by atoms with Crippen LogP contribution in [0.1, 0.15) is 98.4 Å². The van der Waals surface area contributed by atoms with Gasteiger partial charge in [-0.3, -0.25) is 20.0 Å². The third-order valence-corrected chi connectivity index (χ3v) is 9.33. The molecule has 2 aromatic heterocycles. The summed E-state index contributed by atoms with van der Waals surface area (Å²) in [6.07, 6.45) is 3.98. The minimum absolute atomic E-state index is 0.00411. The second kappa shape index (κ2) is 12.0. The zero-order valence-electron chi connectivity index (χ0n) is 25.9. The third-order valence-electron chi connectivity index (χ3n) is 9.33. The van der Waals surface area contributed by atoms with Gasteiger partial charge in [-0.15, -0.1) is 0 Å². The van der Waals surface area contributed by atoms with E-state index in [4.69, 9.17) is 20.0 Å². The van der Waals surface area contributed by atoms with Crippen LogP contribution in [0.3, 0.4) is 0 Å². The molecule has 0 N–H and O–H groups in total. The first-order valence-electron chi connectivity index (χ1n) is 15.0. The van der Waals surface area contributed by atoms with E-state index in [-0.39, 0.29) is 40.2 Å². The molecule has 3 aliphatic carbocycles. The van der Waals surface area contributed by atoms with Gasteiger partial charge in [0.05, 0.1) is 23.5 Å². The summed E-state index contributed by atoms with van der Waals surface area (Å²) in [5.41, 5.74) is 9.61. The number of aromatic nitrogens is 2. The fourth-order valence-electron chi connectivity index (χ4n) is 7.49. The van der Waals surface area contributed by atoms with Gasteiger partial charge < -0.3 is 0 Å². The molecular weight excluding hydrogens is 719 g/mol. The Labute approximate surface area is 281 Å². The predicted molar refractivity (Wildman–Crippen MR) is 186 cm³/mol. The number of hydrogen-bond acceptors (Lipinski definition) is 4. The molecule has 2 heterocycles. The van der Waals surface area contributed by atoms with Crippen molar-refractivity contribution < 1.29 is 10.9 Å². The van der Waals surface area contributed by atoms with Gasteiger partial charge in [0.2, 0.25) is 0 Å². The fraction of sp³-hybridized carbons (Fsp3) is 0.351. The van der Waals surface area contributed by atoms with Gasteiger partial charge in [-0.1, -0.05) is 102 Å². The molecule has 2 unspecified atom stereocenters. The van der Waals surface area contributed by atoms with Crippen LogP contribution in [0.2, 0.25) is 0 Å². The summed E-state index contributed by atoms with van der Waals surface area (Å²) in [5, 5.41) is 0. The average molecular weight is 757 g/mol. The summed E-state index contributed by atoms with van der Waals surface area (Å²) in [5.74, 6) is 0.577. The van der Waals surface area contributed by atoms with Crippen LogP contribution >= 0.6 is 28.5 Å². The topological polar surface area (TPSA) is 50.5 Å². The van der Waals surface area contributed by atoms with Gasteiger partial charge in [0.1, 0.15) is 0 Å². The monoisotopic (exact) mass is 754 g/mol. The van der Waals surface area contributed by atoms with Crippen LogP contribution in [0, 0.1) is 0 Å². The van der Waals surface area contributed by atoms with E-state index in [0.29, 0.717) is 0 Å². The van der Waals surface area contributed by atoms with Crippen molar-refractivity contribution >= 4 is 40.9 Å². The summed E-state index contributed by atoms with van der Waals surface area (Å²) in [4.78, 5) is 20.6. The van der Waals surface area contributed by atoms with Gasteiger partial charge in [-0.25, -0.2) is 0 Å². The molecule has 0 aliphatic heterocycles. The Morgan fingerprint density at radius 3 is 1.39 bits per heavy atom. The number of aliphatic imine (C=N–C) groups is 2. The van der Waals surface area contributed by atoms with Gasteiger partial charge >= 0.3 is 39.3 Å². The Kier molecular flexibility index (Phi) is 8.62. The number of fused-ring (bicyclic) bond motifs is 4. The summed E-state index contributed by atoms with van der Waals surface area (Å²) < 4.78 is 0. The van der Waals surface area contributed by atoms with Gasteiger partial charge in [0.25, 0.3) is 0 Å². The molecule has 0 saturated heterocycles. The Hall–Kier alpha value is -2.47. The molecule has 230 valence electrons. The molecule has 1 spiro atoms. The number of halogens is 2. The molecule has 0 amide bonds. The van der Waals surface area contributed by atoms with Gasteiger partial charge in [-0.05, 0) is 46.5 Å². The maximum atomic E-state index is 5.35. The summed E-state index contributed by atoms with van der Waals surface area (Å²) >= 11 is 6.00. The standard InChI is InChI=1S/C37H38N4.2BrH.Ni/c1-35(2,3)29-19-11-13-23(40-29)21-38-33-31-25-15-7-9-17-27(25)37(31)28-18-10-8-16-26(28)32(37)34(33)39-22-24-14-12-20-30(41-24)36(4,5)6;;;/h7-22,31-34H,1-6H3;2*1H;/q;;;+2/p-2/t31?,32?,33-,34-,37?;;;/m1.../s1. The second-order valence-electron chi connectivity index (χ2n) is 14.0. The summed E-state index contributed by atoms with van der Waals surface area (Å²) in [6.45, 7) is 13.2. The van der Waals surface area contributed by atoms with Crippen molar-refractivity contribution in [2.45, 2.75) is 81.7 Å². The van der Waals surface area contributed by atoms with E-state index < -0.39 is 0 Å². The molecule has 4 nitrogen and oxygen atoms in total. The van der Waals surface area contributed by atoms with E-state index in [2.05, 4.69) is 155 Å². The number of rotatable bonds is 4. The Morgan fingerprint density at radius 2 is 1.00 bits per heavy atom. The zero-order chi connectivity index (χ0) is 31.3. The molecule has 4 atom stereocenters. The van der Waals surface area contributed by atoms with Crippen LogP contribution in [0.4, 0.5) is 0 Å². The molecule has 0 radical (unpaired) electrons. The van der Waals surface area contributed by atoms with Crippen molar-refractivity contribution in [3.8, 4) is 0 Å².